The molecule has 0 aliphatic carbocycles. The summed E-state index contributed by atoms with van der Waals surface area (Å²) >= 11 is 0. The summed E-state index contributed by atoms with van der Waals surface area (Å²) in [6.07, 6.45) is 2.85. The Morgan fingerprint density at radius 3 is 2.68 bits per heavy atom. The predicted molar refractivity (Wildman–Crippen MR) is 75.0 cm³/mol. The summed E-state index contributed by atoms with van der Waals surface area (Å²) in [5, 5.41) is 0. The number of rotatable bonds is 3. The van der Waals surface area contributed by atoms with Gasteiger partial charge in [-0.25, -0.2) is 4.98 Å². The summed E-state index contributed by atoms with van der Waals surface area (Å²) in [6, 6.07) is 7.73. The summed E-state index contributed by atoms with van der Waals surface area (Å²) < 4.78 is 0. The number of nitrogen functional groups attached to an aromatic ring is 1. The van der Waals surface area contributed by atoms with Crippen LogP contribution in [0.4, 0.5) is 11.5 Å². The Morgan fingerprint density at radius 2 is 2.05 bits per heavy atom. The third-order valence-electron chi connectivity index (χ3n) is 2.84. The molecule has 0 saturated carbocycles. The second-order valence-corrected chi connectivity index (χ2v) is 4.17. The van der Waals surface area contributed by atoms with E-state index in [-0.39, 0.29) is 17.4 Å². The zero-order chi connectivity index (χ0) is 13.8. The van der Waals surface area contributed by atoms with Crippen molar-refractivity contribution in [3.63, 3.8) is 0 Å². The van der Waals surface area contributed by atoms with Crippen LogP contribution in [0.3, 0.4) is 0 Å². The van der Waals surface area contributed by atoms with Crippen LogP contribution in [0, 0.1) is 6.92 Å². The van der Waals surface area contributed by atoms with Crippen LogP contribution in [0.2, 0.25) is 0 Å². The van der Waals surface area contributed by atoms with Crippen LogP contribution >= 0.6 is 0 Å². The van der Waals surface area contributed by atoms with E-state index in [1.54, 1.807) is 4.90 Å². The molecule has 1 amide bonds. The molecule has 0 atom stereocenters. The van der Waals surface area contributed by atoms with Gasteiger partial charge in [0.1, 0.15) is 11.5 Å². The van der Waals surface area contributed by atoms with Gasteiger partial charge in [0.15, 0.2) is 0 Å². The number of hydrogen-bond acceptors (Lipinski definition) is 4. The van der Waals surface area contributed by atoms with E-state index in [2.05, 4.69) is 9.97 Å². The minimum Gasteiger partial charge on any atom is -0.382 e. The quantitative estimate of drug-likeness (QED) is 0.912. The molecule has 2 N–H and O–H groups in total. The highest BCUT2D eigenvalue weighted by molar-refractivity contribution is 6.05. The second kappa shape index (κ2) is 5.48. The maximum Gasteiger partial charge on any atom is 0.278 e. The number of para-hydroxylation sites is 1. The van der Waals surface area contributed by atoms with Crippen molar-refractivity contribution in [3.05, 3.63) is 47.9 Å². The van der Waals surface area contributed by atoms with Crippen LogP contribution in [0.1, 0.15) is 23.0 Å². The van der Waals surface area contributed by atoms with Gasteiger partial charge in [-0.1, -0.05) is 18.2 Å². The molecule has 2 aromatic rings. The first-order valence-electron chi connectivity index (χ1n) is 6.08. The summed E-state index contributed by atoms with van der Waals surface area (Å²) in [5.41, 5.74) is 7.73. The first-order valence-corrected chi connectivity index (χ1v) is 6.08. The minimum absolute atomic E-state index is 0.198. The molecule has 0 bridgehead atoms. The molecule has 1 aromatic carbocycles. The van der Waals surface area contributed by atoms with Crippen molar-refractivity contribution in [2.75, 3.05) is 17.2 Å². The van der Waals surface area contributed by atoms with E-state index in [1.807, 2.05) is 38.1 Å². The summed E-state index contributed by atoms with van der Waals surface area (Å²) in [6.45, 7) is 4.44. The molecule has 2 rings (SSSR count). The zero-order valence-electron chi connectivity index (χ0n) is 11.0. The van der Waals surface area contributed by atoms with Crippen LogP contribution in [0.5, 0.6) is 0 Å². The van der Waals surface area contributed by atoms with Gasteiger partial charge in [-0.15, -0.1) is 0 Å². The number of nitrogens with zero attached hydrogens (tertiary/aromatic N) is 3. The first kappa shape index (κ1) is 13.0. The lowest BCUT2D eigenvalue weighted by molar-refractivity contribution is 0.0983. The fourth-order valence-electron chi connectivity index (χ4n) is 1.91. The molecule has 19 heavy (non-hydrogen) atoms. The van der Waals surface area contributed by atoms with Gasteiger partial charge in [-0.3, -0.25) is 9.78 Å². The Balaban J connectivity index is 2.38. The molecule has 0 fully saturated rings. The number of nitrogens with two attached hydrogens (primary N) is 1. The van der Waals surface area contributed by atoms with Gasteiger partial charge in [0, 0.05) is 12.2 Å². The molecule has 0 aliphatic rings. The third kappa shape index (κ3) is 2.70. The number of carbonyl (C=O) groups excluding carboxylic acids is 1. The topological polar surface area (TPSA) is 72.1 Å². The second-order valence-electron chi connectivity index (χ2n) is 4.17. The molecule has 0 saturated heterocycles. The summed E-state index contributed by atoms with van der Waals surface area (Å²) in [4.78, 5) is 22.0. The maximum absolute atomic E-state index is 12.4. The van der Waals surface area contributed by atoms with Crippen LogP contribution in [-0.4, -0.2) is 22.4 Å². The van der Waals surface area contributed by atoms with Gasteiger partial charge in [0.25, 0.3) is 5.91 Å². The van der Waals surface area contributed by atoms with E-state index in [0.717, 1.165) is 11.3 Å². The van der Waals surface area contributed by atoms with Gasteiger partial charge >= 0.3 is 0 Å². The van der Waals surface area contributed by atoms with E-state index < -0.39 is 0 Å². The van der Waals surface area contributed by atoms with Crippen molar-refractivity contribution in [2.45, 2.75) is 13.8 Å². The third-order valence-corrected chi connectivity index (χ3v) is 2.84. The van der Waals surface area contributed by atoms with Crippen molar-refractivity contribution in [3.8, 4) is 0 Å². The van der Waals surface area contributed by atoms with Gasteiger partial charge in [0.2, 0.25) is 0 Å². The smallest absolute Gasteiger partial charge is 0.278 e. The van der Waals surface area contributed by atoms with Crippen molar-refractivity contribution in [1.82, 2.24) is 9.97 Å². The number of amides is 1. The van der Waals surface area contributed by atoms with Crippen LogP contribution in [0.15, 0.2) is 36.7 Å². The Morgan fingerprint density at radius 1 is 1.32 bits per heavy atom. The van der Waals surface area contributed by atoms with Crippen molar-refractivity contribution in [1.29, 1.82) is 0 Å². The van der Waals surface area contributed by atoms with E-state index in [0.29, 0.717) is 6.54 Å². The number of carbonyl (C=O) groups is 1. The number of benzene rings is 1. The standard InChI is InChI=1S/C14H16N4O/c1-3-18(12-7-5-4-6-10(12)2)14(19)11-8-16-9-13(15)17-11/h4-9H,3H2,1-2H3,(H2,15,17). The lowest BCUT2D eigenvalue weighted by Gasteiger charge is -2.22. The number of hydrogen-bond donors (Lipinski definition) is 1. The minimum atomic E-state index is -0.198. The van der Waals surface area contributed by atoms with Gasteiger partial charge in [-0.05, 0) is 25.5 Å². The molecule has 0 aliphatic heterocycles. The molecule has 0 radical (unpaired) electrons. The van der Waals surface area contributed by atoms with Gasteiger partial charge in [-0.2, -0.15) is 0 Å². The molecule has 0 unspecified atom stereocenters. The summed E-state index contributed by atoms with van der Waals surface area (Å²) in [5.74, 6) is 0.0447. The number of anilines is 2. The molecular formula is C14H16N4O. The SMILES string of the molecule is CCN(C(=O)c1cncc(N)n1)c1ccccc1C. The lowest BCUT2D eigenvalue weighted by atomic mass is 10.1. The molecule has 98 valence electrons. The Kier molecular flexibility index (Phi) is 3.75. The average Bonchev–Trinajstić information content (AvgIpc) is 2.41. The first-order chi connectivity index (χ1) is 9.13. The molecular weight excluding hydrogens is 240 g/mol. The highest BCUT2D eigenvalue weighted by atomic mass is 16.2. The number of aryl methyl sites for hydroxylation is 1. The summed E-state index contributed by atoms with van der Waals surface area (Å²) in [7, 11) is 0. The van der Waals surface area contributed by atoms with Crippen molar-refractivity contribution < 1.29 is 4.79 Å². The van der Waals surface area contributed by atoms with Gasteiger partial charge < -0.3 is 10.6 Å². The largest absolute Gasteiger partial charge is 0.382 e. The fourth-order valence-corrected chi connectivity index (χ4v) is 1.91. The van der Waals surface area contributed by atoms with E-state index >= 15 is 0 Å². The highest BCUT2D eigenvalue weighted by Crippen LogP contribution is 2.20. The van der Waals surface area contributed by atoms with Crippen LogP contribution < -0.4 is 10.6 Å². The maximum atomic E-state index is 12.4. The molecule has 1 heterocycles. The van der Waals surface area contributed by atoms with Crippen molar-refractivity contribution in [2.24, 2.45) is 0 Å². The zero-order valence-corrected chi connectivity index (χ0v) is 11.0. The van der Waals surface area contributed by atoms with Crippen LogP contribution in [0.25, 0.3) is 0 Å². The normalized spacial score (nSPS) is 10.2. The average molecular weight is 256 g/mol. The Bertz CT molecular complexity index is 598. The fraction of sp³-hybridized carbons (Fsp3) is 0.214. The van der Waals surface area contributed by atoms with Crippen molar-refractivity contribution >= 4 is 17.4 Å². The van der Waals surface area contributed by atoms with Crippen LogP contribution in [-0.2, 0) is 0 Å². The molecule has 5 heteroatoms. The number of aromatic nitrogens is 2. The van der Waals surface area contributed by atoms with E-state index in [4.69, 9.17) is 5.73 Å². The molecule has 5 nitrogen and oxygen atoms in total. The predicted octanol–water partition coefficient (Wildman–Crippen LogP) is 2.03. The van der Waals surface area contributed by atoms with E-state index in [1.165, 1.54) is 12.4 Å². The monoisotopic (exact) mass is 256 g/mol. The molecule has 0 spiro atoms. The van der Waals surface area contributed by atoms with Gasteiger partial charge in [0.05, 0.1) is 12.4 Å². The molecule has 1 aromatic heterocycles. The highest BCUT2D eigenvalue weighted by Gasteiger charge is 2.19. The van der Waals surface area contributed by atoms with E-state index in [9.17, 15) is 4.79 Å². The Hall–Kier alpha value is -2.43. The lowest BCUT2D eigenvalue weighted by Crippen LogP contribution is -2.32. The Labute approximate surface area is 112 Å².